The lowest BCUT2D eigenvalue weighted by Crippen LogP contribution is -2.13. The van der Waals surface area contributed by atoms with Crippen LogP contribution in [0.25, 0.3) is 11.0 Å². The Morgan fingerprint density at radius 3 is 2.94 bits per heavy atom. The van der Waals surface area contributed by atoms with Gasteiger partial charge in [0.05, 0.1) is 12.2 Å². The Morgan fingerprint density at radius 1 is 1.47 bits per heavy atom. The minimum atomic E-state index is -0.853. The van der Waals surface area contributed by atoms with Crippen LogP contribution in [0.5, 0.6) is 0 Å². The standard InChI is InChI=1S/C13H14O4/c1-16-7-6-10(13(14)15)11-8-17-12-5-3-2-4-9(11)12/h2-5,8,10H,6-7H2,1H3,(H,14,15). The number of aliphatic carboxylic acids is 1. The topological polar surface area (TPSA) is 59.7 Å². The molecule has 0 aliphatic heterocycles. The monoisotopic (exact) mass is 234 g/mol. The van der Waals surface area contributed by atoms with Gasteiger partial charge in [0.1, 0.15) is 5.58 Å². The number of fused-ring (bicyclic) bond motifs is 1. The molecule has 0 aliphatic carbocycles. The summed E-state index contributed by atoms with van der Waals surface area (Å²) in [6.07, 6.45) is 1.97. The van der Waals surface area contributed by atoms with Gasteiger partial charge in [-0.3, -0.25) is 4.79 Å². The molecule has 1 unspecified atom stereocenters. The summed E-state index contributed by atoms with van der Waals surface area (Å²) in [6, 6.07) is 7.43. The summed E-state index contributed by atoms with van der Waals surface area (Å²) >= 11 is 0. The molecule has 0 saturated carbocycles. The van der Waals surface area contributed by atoms with E-state index in [-0.39, 0.29) is 0 Å². The first-order valence-corrected chi connectivity index (χ1v) is 5.42. The quantitative estimate of drug-likeness (QED) is 0.863. The van der Waals surface area contributed by atoms with Gasteiger partial charge in [-0.05, 0) is 12.5 Å². The van der Waals surface area contributed by atoms with Crippen molar-refractivity contribution in [3.05, 3.63) is 36.1 Å². The lowest BCUT2D eigenvalue weighted by atomic mass is 9.96. The summed E-state index contributed by atoms with van der Waals surface area (Å²) in [4.78, 5) is 11.3. The summed E-state index contributed by atoms with van der Waals surface area (Å²) < 4.78 is 10.3. The summed E-state index contributed by atoms with van der Waals surface area (Å²) in [5.41, 5.74) is 1.43. The maximum Gasteiger partial charge on any atom is 0.311 e. The van der Waals surface area contributed by atoms with E-state index in [1.807, 2.05) is 24.3 Å². The van der Waals surface area contributed by atoms with E-state index in [9.17, 15) is 9.90 Å². The second kappa shape index (κ2) is 5.01. The Morgan fingerprint density at radius 2 is 2.24 bits per heavy atom. The lowest BCUT2D eigenvalue weighted by Gasteiger charge is -2.09. The van der Waals surface area contributed by atoms with E-state index in [0.717, 1.165) is 5.39 Å². The molecule has 17 heavy (non-hydrogen) atoms. The summed E-state index contributed by atoms with van der Waals surface area (Å²) in [5, 5.41) is 10.1. The minimum absolute atomic E-state index is 0.413. The second-order valence-corrected chi connectivity index (χ2v) is 3.86. The number of benzene rings is 1. The molecule has 0 amide bonds. The van der Waals surface area contributed by atoms with Gasteiger partial charge in [-0.15, -0.1) is 0 Å². The van der Waals surface area contributed by atoms with E-state index in [4.69, 9.17) is 9.15 Å². The predicted octanol–water partition coefficient (Wildman–Crippen LogP) is 2.64. The molecule has 2 rings (SSSR count). The Bertz CT molecular complexity index is 515. The third kappa shape index (κ3) is 2.31. The van der Waals surface area contributed by atoms with E-state index >= 15 is 0 Å². The van der Waals surface area contributed by atoms with Crippen LogP contribution in [0.2, 0.25) is 0 Å². The Kier molecular flexibility index (Phi) is 3.44. The molecule has 0 saturated heterocycles. The molecule has 4 heteroatoms. The number of carboxylic acid groups (broad SMARTS) is 1. The van der Waals surface area contributed by atoms with Gasteiger partial charge < -0.3 is 14.3 Å². The number of hydrogen-bond acceptors (Lipinski definition) is 3. The first kappa shape index (κ1) is 11.7. The van der Waals surface area contributed by atoms with E-state index < -0.39 is 11.9 Å². The predicted molar refractivity (Wildman–Crippen MR) is 63.1 cm³/mol. The third-order valence-corrected chi connectivity index (χ3v) is 2.80. The van der Waals surface area contributed by atoms with Gasteiger partial charge in [-0.2, -0.15) is 0 Å². The Hall–Kier alpha value is -1.81. The van der Waals surface area contributed by atoms with Crippen LogP contribution in [0.3, 0.4) is 0 Å². The van der Waals surface area contributed by atoms with Gasteiger partial charge in [0.2, 0.25) is 0 Å². The van der Waals surface area contributed by atoms with E-state index in [1.165, 1.54) is 6.26 Å². The van der Waals surface area contributed by atoms with Crippen molar-refractivity contribution in [1.82, 2.24) is 0 Å². The molecule has 0 aliphatic rings. The van der Waals surface area contributed by atoms with Crippen molar-refractivity contribution in [2.24, 2.45) is 0 Å². The van der Waals surface area contributed by atoms with Crippen LogP contribution in [-0.4, -0.2) is 24.8 Å². The van der Waals surface area contributed by atoms with Gasteiger partial charge >= 0.3 is 5.97 Å². The largest absolute Gasteiger partial charge is 0.481 e. The maximum atomic E-state index is 11.3. The molecule has 0 radical (unpaired) electrons. The van der Waals surface area contributed by atoms with Gasteiger partial charge in [0.25, 0.3) is 0 Å². The zero-order valence-electron chi connectivity index (χ0n) is 9.55. The molecule has 0 fully saturated rings. The van der Waals surface area contributed by atoms with Crippen molar-refractivity contribution < 1.29 is 19.1 Å². The molecular weight excluding hydrogens is 220 g/mol. The van der Waals surface area contributed by atoms with E-state index in [1.54, 1.807) is 7.11 Å². The fraction of sp³-hybridized carbons (Fsp3) is 0.308. The summed E-state index contributed by atoms with van der Waals surface area (Å²) in [7, 11) is 1.56. The van der Waals surface area contributed by atoms with Crippen LogP contribution in [0.1, 0.15) is 17.9 Å². The first-order chi connectivity index (χ1) is 8.24. The fourth-order valence-corrected chi connectivity index (χ4v) is 1.92. The number of hydrogen-bond donors (Lipinski definition) is 1. The van der Waals surface area contributed by atoms with Gasteiger partial charge in [0.15, 0.2) is 0 Å². The molecule has 90 valence electrons. The summed E-state index contributed by atoms with van der Waals surface area (Å²) in [6.45, 7) is 0.413. The molecule has 1 atom stereocenters. The van der Waals surface area contributed by atoms with Crippen molar-refractivity contribution >= 4 is 16.9 Å². The highest BCUT2D eigenvalue weighted by molar-refractivity contribution is 5.87. The number of rotatable bonds is 5. The Balaban J connectivity index is 2.38. The summed E-state index contributed by atoms with van der Waals surface area (Å²) in [5.74, 6) is -1.44. The number of ether oxygens (including phenoxy) is 1. The lowest BCUT2D eigenvalue weighted by molar-refractivity contribution is -0.139. The number of carboxylic acids is 1. The van der Waals surface area contributed by atoms with Crippen molar-refractivity contribution in [2.45, 2.75) is 12.3 Å². The molecule has 4 nitrogen and oxygen atoms in total. The molecule has 1 aromatic heterocycles. The molecular formula is C13H14O4. The van der Waals surface area contributed by atoms with Crippen molar-refractivity contribution in [2.75, 3.05) is 13.7 Å². The normalized spacial score (nSPS) is 12.8. The molecule has 1 N–H and O–H groups in total. The highest BCUT2D eigenvalue weighted by Crippen LogP contribution is 2.29. The zero-order chi connectivity index (χ0) is 12.3. The number of carbonyl (C=O) groups is 1. The third-order valence-electron chi connectivity index (χ3n) is 2.80. The van der Waals surface area contributed by atoms with Gasteiger partial charge in [-0.1, -0.05) is 18.2 Å². The van der Waals surface area contributed by atoms with Crippen LogP contribution < -0.4 is 0 Å². The van der Waals surface area contributed by atoms with E-state index in [0.29, 0.717) is 24.2 Å². The molecule has 0 bridgehead atoms. The van der Waals surface area contributed by atoms with Crippen molar-refractivity contribution in [3.63, 3.8) is 0 Å². The van der Waals surface area contributed by atoms with Crippen LogP contribution in [-0.2, 0) is 9.53 Å². The van der Waals surface area contributed by atoms with Crippen LogP contribution in [0, 0.1) is 0 Å². The van der Waals surface area contributed by atoms with Crippen LogP contribution in [0.4, 0.5) is 0 Å². The average Bonchev–Trinajstić information content (AvgIpc) is 2.73. The minimum Gasteiger partial charge on any atom is -0.481 e. The van der Waals surface area contributed by atoms with Crippen molar-refractivity contribution in [3.8, 4) is 0 Å². The smallest absolute Gasteiger partial charge is 0.311 e. The highest BCUT2D eigenvalue weighted by Gasteiger charge is 2.23. The van der Waals surface area contributed by atoms with Gasteiger partial charge in [0, 0.05) is 24.7 Å². The molecule has 0 spiro atoms. The first-order valence-electron chi connectivity index (χ1n) is 5.42. The fourth-order valence-electron chi connectivity index (χ4n) is 1.92. The maximum absolute atomic E-state index is 11.3. The Labute approximate surface area is 98.8 Å². The van der Waals surface area contributed by atoms with Crippen molar-refractivity contribution in [1.29, 1.82) is 0 Å². The molecule has 1 heterocycles. The highest BCUT2D eigenvalue weighted by atomic mass is 16.5. The van der Waals surface area contributed by atoms with Crippen LogP contribution >= 0.6 is 0 Å². The second-order valence-electron chi connectivity index (χ2n) is 3.86. The molecule has 1 aromatic carbocycles. The number of methoxy groups -OCH3 is 1. The van der Waals surface area contributed by atoms with Crippen LogP contribution in [0.15, 0.2) is 34.9 Å². The number of para-hydroxylation sites is 1. The van der Waals surface area contributed by atoms with Gasteiger partial charge in [-0.25, -0.2) is 0 Å². The zero-order valence-corrected chi connectivity index (χ0v) is 9.55. The number of furan rings is 1. The average molecular weight is 234 g/mol. The molecule has 2 aromatic rings. The SMILES string of the molecule is COCCC(C(=O)O)c1coc2ccccc12. The van der Waals surface area contributed by atoms with E-state index in [2.05, 4.69) is 0 Å².